The van der Waals surface area contributed by atoms with Gasteiger partial charge in [0.1, 0.15) is 0 Å². The Morgan fingerprint density at radius 2 is 2.05 bits per heavy atom. The molecule has 1 aromatic heterocycles. The van der Waals surface area contributed by atoms with E-state index in [0.717, 1.165) is 51.2 Å². The van der Waals surface area contributed by atoms with Crippen LogP contribution in [0.1, 0.15) is 18.4 Å². The molecule has 0 amide bonds. The number of aromatic nitrogens is 1. The van der Waals surface area contributed by atoms with Crippen LogP contribution in [0.3, 0.4) is 0 Å². The van der Waals surface area contributed by atoms with Crippen LogP contribution in [0.25, 0.3) is 11.1 Å². The molecule has 0 aliphatic carbocycles. The average molecular weight is 276 g/mol. The highest BCUT2D eigenvalue weighted by Gasteiger charge is 2.09. The highest BCUT2D eigenvalue weighted by atomic mass is 16.5. The number of oxazole rings is 1. The molecule has 0 radical (unpaired) electrons. The molecule has 0 saturated carbocycles. The number of hydrogen-bond donors (Lipinski definition) is 1. The van der Waals surface area contributed by atoms with E-state index in [9.17, 15) is 4.79 Å². The van der Waals surface area contributed by atoms with Crippen molar-refractivity contribution in [2.45, 2.75) is 19.3 Å². The van der Waals surface area contributed by atoms with E-state index in [-0.39, 0.29) is 5.76 Å². The molecule has 108 valence electrons. The molecule has 1 aliphatic rings. The number of benzene rings is 1. The third kappa shape index (κ3) is 3.29. The number of aryl methyl sites for hydroxylation is 1. The second-order valence-corrected chi connectivity index (χ2v) is 5.26. The minimum Gasteiger partial charge on any atom is -0.408 e. The highest BCUT2D eigenvalue weighted by Crippen LogP contribution is 2.14. The van der Waals surface area contributed by atoms with Gasteiger partial charge in [0.25, 0.3) is 0 Å². The maximum absolute atomic E-state index is 11.1. The van der Waals surface area contributed by atoms with E-state index in [4.69, 9.17) is 9.15 Å². The van der Waals surface area contributed by atoms with Gasteiger partial charge in [0.05, 0.1) is 18.7 Å². The van der Waals surface area contributed by atoms with Crippen molar-refractivity contribution in [2.75, 3.05) is 32.8 Å². The van der Waals surface area contributed by atoms with E-state index in [2.05, 4.69) is 16.0 Å². The normalized spacial score (nSPS) is 16.8. The Morgan fingerprint density at radius 1 is 1.20 bits per heavy atom. The molecule has 3 rings (SSSR count). The van der Waals surface area contributed by atoms with Crippen LogP contribution >= 0.6 is 0 Å². The molecule has 20 heavy (non-hydrogen) atoms. The van der Waals surface area contributed by atoms with Gasteiger partial charge in [-0.1, -0.05) is 6.07 Å². The minimum atomic E-state index is -0.385. The fraction of sp³-hybridized carbons (Fsp3) is 0.533. The summed E-state index contributed by atoms with van der Waals surface area (Å²) in [6.07, 6.45) is 3.36. The van der Waals surface area contributed by atoms with Crippen LogP contribution in [0.5, 0.6) is 0 Å². The summed E-state index contributed by atoms with van der Waals surface area (Å²) in [4.78, 5) is 16.2. The lowest BCUT2D eigenvalue weighted by Gasteiger charge is -2.26. The van der Waals surface area contributed by atoms with Gasteiger partial charge in [-0.25, -0.2) is 4.79 Å². The number of hydrogen-bond acceptors (Lipinski definition) is 4. The fourth-order valence-electron chi connectivity index (χ4n) is 2.63. The zero-order valence-corrected chi connectivity index (χ0v) is 11.6. The van der Waals surface area contributed by atoms with E-state index in [1.165, 1.54) is 12.0 Å². The molecule has 2 heterocycles. The first-order chi connectivity index (χ1) is 9.81. The zero-order chi connectivity index (χ0) is 13.8. The van der Waals surface area contributed by atoms with Gasteiger partial charge in [-0.3, -0.25) is 9.88 Å². The number of unbranched alkanes of at least 4 members (excludes halogenated alkanes) is 1. The Morgan fingerprint density at radius 3 is 2.90 bits per heavy atom. The van der Waals surface area contributed by atoms with Crippen LogP contribution in [0.4, 0.5) is 0 Å². The van der Waals surface area contributed by atoms with Crippen LogP contribution in [0.2, 0.25) is 0 Å². The second-order valence-electron chi connectivity index (χ2n) is 5.26. The van der Waals surface area contributed by atoms with Crippen molar-refractivity contribution in [3.8, 4) is 0 Å². The van der Waals surface area contributed by atoms with Gasteiger partial charge in [0.2, 0.25) is 0 Å². The first-order valence-corrected chi connectivity index (χ1v) is 7.23. The van der Waals surface area contributed by atoms with Crippen LogP contribution in [-0.4, -0.2) is 42.7 Å². The topological polar surface area (TPSA) is 58.5 Å². The predicted octanol–water partition coefficient (Wildman–Crippen LogP) is 1.78. The summed E-state index contributed by atoms with van der Waals surface area (Å²) in [5.41, 5.74) is 2.65. The molecule has 1 fully saturated rings. The van der Waals surface area contributed by atoms with E-state index >= 15 is 0 Å². The van der Waals surface area contributed by atoms with Crippen molar-refractivity contribution in [2.24, 2.45) is 0 Å². The summed E-state index contributed by atoms with van der Waals surface area (Å²) >= 11 is 0. The third-order valence-electron chi connectivity index (χ3n) is 3.78. The van der Waals surface area contributed by atoms with Crippen LogP contribution in [0.15, 0.2) is 27.4 Å². The van der Waals surface area contributed by atoms with E-state index in [0.29, 0.717) is 5.58 Å². The molecule has 0 unspecified atom stereocenters. The number of nitrogens with zero attached hydrogens (tertiary/aromatic N) is 1. The molecule has 5 nitrogen and oxygen atoms in total. The molecule has 2 aromatic rings. The summed E-state index contributed by atoms with van der Waals surface area (Å²) in [6.45, 7) is 4.98. The number of H-pyrrole nitrogens is 1. The summed E-state index contributed by atoms with van der Waals surface area (Å²) in [5.74, 6) is -0.385. The number of nitrogens with one attached hydrogen (secondary N) is 1. The predicted molar refractivity (Wildman–Crippen MR) is 77.0 cm³/mol. The van der Waals surface area contributed by atoms with Crippen molar-refractivity contribution in [1.29, 1.82) is 0 Å². The van der Waals surface area contributed by atoms with Crippen LogP contribution in [0, 0.1) is 0 Å². The summed E-state index contributed by atoms with van der Waals surface area (Å²) < 4.78 is 10.4. The number of fused-ring (bicyclic) bond motifs is 1. The first-order valence-electron chi connectivity index (χ1n) is 7.23. The van der Waals surface area contributed by atoms with Crippen LogP contribution < -0.4 is 5.76 Å². The largest absolute Gasteiger partial charge is 0.417 e. The first kappa shape index (κ1) is 13.4. The van der Waals surface area contributed by atoms with E-state index in [1.54, 1.807) is 0 Å². The molecule has 0 atom stereocenters. The Labute approximate surface area is 117 Å². The molecular weight excluding hydrogens is 256 g/mol. The number of rotatable bonds is 5. The number of ether oxygens (including phenoxy) is 1. The lowest BCUT2D eigenvalue weighted by Crippen LogP contribution is -2.36. The van der Waals surface area contributed by atoms with Gasteiger partial charge in [0, 0.05) is 13.1 Å². The smallest absolute Gasteiger partial charge is 0.408 e. The molecule has 0 bridgehead atoms. The number of aromatic amines is 1. The van der Waals surface area contributed by atoms with Gasteiger partial charge < -0.3 is 9.15 Å². The van der Waals surface area contributed by atoms with Gasteiger partial charge in [-0.2, -0.15) is 0 Å². The van der Waals surface area contributed by atoms with Crippen molar-refractivity contribution in [3.63, 3.8) is 0 Å². The molecule has 0 spiro atoms. The Kier molecular flexibility index (Phi) is 4.18. The molecule has 1 aliphatic heterocycles. The highest BCUT2D eigenvalue weighted by molar-refractivity contribution is 5.72. The van der Waals surface area contributed by atoms with E-state index < -0.39 is 0 Å². The Hall–Kier alpha value is -1.59. The lowest BCUT2D eigenvalue weighted by molar-refractivity contribution is 0.0372. The second kappa shape index (κ2) is 6.24. The quantitative estimate of drug-likeness (QED) is 0.846. The number of morpholine rings is 1. The summed E-state index contributed by atoms with van der Waals surface area (Å²) in [7, 11) is 0. The molecule has 1 N–H and O–H groups in total. The molecular formula is C15H20N2O3. The maximum Gasteiger partial charge on any atom is 0.417 e. The van der Waals surface area contributed by atoms with Gasteiger partial charge in [-0.05, 0) is 43.5 Å². The monoisotopic (exact) mass is 276 g/mol. The zero-order valence-electron chi connectivity index (χ0n) is 11.6. The SMILES string of the molecule is O=c1[nH]c2ccc(CCCCN3CCOCC3)cc2o1. The Balaban J connectivity index is 1.48. The molecule has 5 heteroatoms. The van der Waals surface area contributed by atoms with Crippen LogP contribution in [-0.2, 0) is 11.2 Å². The lowest BCUT2D eigenvalue weighted by atomic mass is 10.1. The minimum absolute atomic E-state index is 0.385. The fourth-order valence-corrected chi connectivity index (χ4v) is 2.63. The van der Waals surface area contributed by atoms with Gasteiger partial charge in [-0.15, -0.1) is 0 Å². The van der Waals surface area contributed by atoms with Crippen molar-refractivity contribution < 1.29 is 9.15 Å². The average Bonchev–Trinajstić information content (AvgIpc) is 2.84. The van der Waals surface area contributed by atoms with E-state index in [1.807, 2.05) is 12.1 Å². The summed E-state index contributed by atoms with van der Waals surface area (Å²) in [5, 5.41) is 0. The van der Waals surface area contributed by atoms with Crippen molar-refractivity contribution in [1.82, 2.24) is 9.88 Å². The maximum atomic E-state index is 11.1. The van der Waals surface area contributed by atoms with Crippen molar-refractivity contribution >= 4 is 11.1 Å². The third-order valence-corrected chi connectivity index (χ3v) is 3.78. The Bertz CT molecular complexity index is 611. The van der Waals surface area contributed by atoms with Gasteiger partial charge >= 0.3 is 5.76 Å². The van der Waals surface area contributed by atoms with Gasteiger partial charge in [0.15, 0.2) is 5.58 Å². The van der Waals surface area contributed by atoms with Crippen molar-refractivity contribution in [3.05, 3.63) is 34.3 Å². The summed E-state index contributed by atoms with van der Waals surface area (Å²) in [6, 6.07) is 5.93. The molecule has 1 aromatic carbocycles. The molecule has 1 saturated heterocycles. The standard InChI is InChI=1S/C15H20N2O3/c18-15-16-13-5-4-12(11-14(13)20-15)3-1-2-6-17-7-9-19-10-8-17/h4-5,11H,1-3,6-10H2,(H,16,18).